The van der Waals surface area contributed by atoms with Gasteiger partial charge in [-0.1, -0.05) is 22.0 Å². The first-order valence-electron chi connectivity index (χ1n) is 6.21. The van der Waals surface area contributed by atoms with Crippen molar-refractivity contribution in [3.05, 3.63) is 58.1 Å². The van der Waals surface area contributed by atoms with Gasteiger partial charge in [-0.05, 0) is 42.8 Å². The second kappa shape index (κ2) is 6.67. The van der Waals surface area contributed by atoms with Gasteiger partial charge in [-0.15, -0.1) is 0 Å². The predicted molar refractivity (Wildman–Crippen MR) is 82.4 cm³/mol. The van der Waals surface area contributed by atoms with Crippen LogP contribution in [0.25, 0.3) is 0 Å². The molecule has 2 aromatic rings. The molecule has 2 N–H and O–H groups in total. The summed E-state index contributed by atoms with van der Waals surface area (Å²) in [7, 11) is 0. The highest BCUT2D eigenvalue weighted by Crippen LogP contribution is 2.20. The van der Waals surface area contributed by atoms with Gasteiger partial charge in [0.25, 0.3) is 0 Å². The lowest BCUT2D eigenvalue weighted by atomic mass is 10.2. The van der Waals surface area contributed by atoms with Crippen molar-refractivity contribution in [2.45, 2.75) is 6.92 Å². The fraction of sp³-hybridized carbons (Fsp3) is 0.133. The van der Waals surface area contributed by atoms with E-state index in [1.54, 1.807) is 12.1 Å². The second-order valence-electron chi connectivity index (χ2n) is 4.46. The minimum atomic E-state index is -0.734. The lowest BCUT2D eigenvalue weighted by molar-refractivity contribution is -0.114. The lowest BCUT2D eigenvalue weighted by Gasteiger charge is -2.11. The molecule has 0 unspecified atom stereocenters. The number of hydrogen-bond donors (Lipinski definition) is 2. The Morgan fingerprint density at radius 3 is 2.48 bits per heavy atom. The molecule has 0 aliphatic carbocycles. The van der Waals surface area contributed by atoms with Crippen molar-refractivity contribution in [2.24, 2.45) is 0 Å². The number of rotatable bonds is 4. The van der Waals surface area contributed by atoms with E-state index in [2.05, 4.69) is 26.6 Å². The summed E-state index contributed by atoms with van der Waals surface area (Å²) in [5, 5.41) is 5.14. The number of carbonyl (C=O) groups is 1. The number of anilines is 2. The summed E-state index contributed by atoms with van der Waals surface area (Å²) in [6, 6.07) is 8.93. The zero-order valence-corrected chi connectivity index (χ0v) is 12.8. The maximum Gasteiger partial charge on any atom is 0.243 e. The monoisotopic (exact) mass is 354 g/mol. The molecule has 3 nitrogen and oxygen atoms in total. The molecule has 0 aromatic heterocycles. The normalized spacial score (nSPS) is 10.3. The first-order valence-corrected chi connectivity index (χ1v) is 7.00. The van der Waals surface area contributed by atoms with Crippen molar-refractivity contribution in [1.82, 2.24) is 0 Å². The van der Waals surface area contributed by atoms with Crippen molar-refractivity contribution in [3.63, 3.8) is 0 Å². The molecule has 0 fully saturated rings. The summed E-state index contributed by atoms with van der Waals surface area (Å²) in [4.78, 5) is 11.8. The number of carbonyl (C=O) groups excluding carboxylic acids is 1. The topological polar surface area (TPSA) is 41.1 Å². The summed E-state index contributed by atoms with van der Waals surface area (Å²) >= 11 is 3.33. The summed E-state index contributed by atoms with van der Waals surface area (Å²) in [6.45, 7) is 1.62. The van der Waals surface area contributed by atoms with Crippen molar-refractivity contribution >= 4 is 33.2 Å². The van der Waals surface area contributed by atoms with Crippen LogP contribution in [-0.4, -0.2) is 12.5 Å². The number of halogens is 3. The Morgan fingerprint density at radius 1 is 1.19 bits per heavy atom. The van der Waals surface area contributed by atoms with Gasteiger partial charge in [0.2, 0.25) is 5.91 Å². The van der Waals surface area contributed by atoms with Gasteiger partial charge in [0, 0.05) is 10.2 Å². The standard InChI is InChI=1S/C15H13BrF2N2O/c1-9-7-10(16)5-6-13(9)20-14(21)8-19-15-11(17)3-2-4-12(15)18/h2-7,19H,8H2,1H3,(H,20,21). The lowest BCUT2D eigenvalue weighted by Crippen LogP contribution is -2.23. The fourth-order valence-electron chi connectivity index (χ4n) is 1.80. The Kier molecular flexibility index (Phi) is 4.90. The van der Waals surface area contributed by atoms with Gasteiger partial charge < -0.3 is 10.6 Å². The molecular weight excluding hydrogens is 342 g/mol. The van der Waals surface area contributed by atoms with E-state index in [1.807, 2.05) is 13.0 Å². The summed E-state index contributed by atoms with van der Waals surface area (Å²) in [6.07, 6.45) is 0. The van der Waals surface area contributed by atoms with Gasteiger partial charge >= 0.3 is 0 Å². The molecule has 0 bridgehead atoms. The molecule has 0 heterocycles. The van der Waals surface area contributed by atoms with Crippen LogP contribution in [0.2, 0.25) is 0 Å². The quantitative estimate of drug-likeness (QED) is 0.868. The highest BCUT2D eigenvalue weighted by molar-refractivity contribution is 9.10. The Morgan fingerprint density at radius 2 is 1.86 bits per heavy atom. The number of amides is 1. The van der Waals surface area contributed by atoms with E-state index < -0.39 is 11.6 Å². The SMILES string of the molecule is Cc1cc(Br)ccc1NC(=O)CNc1c(F)cccc1F. The molecular formula is C15H13BrF2N2O. The fourth-order valence-corrected chi connectivity index (χ4v) is 2.27. The van der Waals surface area contributed by atoms with E-state index in [4.69, 9.17) is 0 Å². The number of benzene rings is 2. The first kappa shape index (κ1) is 15.4. The maximum atomic E-state index is 13.4. The van der Waals surface area contributed by atoms with E-state index in [0.29, 0.717) is 5.69 Å². The van der Waals surface area contributed by atoms with E-state index in [0.717, 1.165) is 22.2 Å². The number of aryl methyl sites for hydroxylation is 1. The van der Waals surface area contributed by atoms with Crippen LogP contribution in [0.15, 0.2) is 40.9 Å². The number of nitrogens with one attached hydrogen (secondary N) is 2. The van der Waals surface area contributed by atoms with Crippen LogP contribution in [0.1, 0.15) is 5.56 Å². The van der Waals surface area contributed by atoms with Crippen LogP contribution >= 0.6 is 15.9 Å². The van der Waals surface area contributed by atoms with E-state index in [-0.39, 0.29) is 18.1 Å². The molecule has 0 saturated carbocycles. The van der Waals surface area contributed by atoms with Crippen LogP contribution in [0.5, 0.6) is 0 Å². The third-order valence-corrected chi connectivity index (χ3v) is 3.34. The first-order chi connectivity index (χ1) is 9.97. The molecule has 0 aliphatic rings. The zero-order chi connectivity index (χ0) is 15.4. The Balaban J connectivity index is 1.99. The summed E-state index contributed by atoms with van der Waals surface area (Å²) < 4.78 is 27.7. The van der Waals surface area contributed by atoms with Gasteiger partial charge in [-0.25, -0.2) is 8.78 Å². The molecule has 110 valence electrons. The van der Waals surface area contributed by atoms with E-state index in [1.165, 1.54) is 6.07 Å². The van der Waals surface area contributed by atoms with Crippen molar-refractivity contribution < 1.29 is 13.6 Å². The minimum absolute atomic E-state index is 0.229. The molecule has 1 amide bonds. The van der Waals surface area contributed by atoms with Crippen LogP contribution in [0.3, 0.4) is 0 Å². The van der Waals surface area contributed by atoms with Crippen LogP contribution in [-0.2, 0) is 4.79 Å². The van der Waals surface area contributed by atoms with Gasteiger partial charge in [0.15, 0.2) is 0 Å². The predicted octanol–water partition coefficient (Wildman–Crippen LogP) is 4.09. The highest BCUT2D eigenvalue weighted by Gasteiger charge is 2.10. The van der Waals surface area contributed by atoms with Gasteiger partial charge in [0.1, 0.15) is 17.3 Å². The zero-order valence-electron chi connectivity index (χ0n) is 11.2. The molecule has 21 heavy (non-hydrogen) atoms. The highest BCUT2D eigenvalue weighted by atomic mass is 79.9. The summed E-state index contributed by atoms with van der Waals surface area (Å²) in [5.41, 5.74) is 1.23. The van der Waals surface area contributed by atoms with E-state index >= 15 is 0 Å². The molecule has 0 saturated heterocycles. The van der Waals surface area contributed by atoms with Crippen molar-refractivity contribution in [1.29, 1.82) is 0 Å². The maximum absolute atomic E-state index is 13.4. The molecule has 0 radical (unpaired) electrons. The molecule has 6 heteroatoms. The largest absolute Gasteiger partial charge is 0.371 e. The second-order valence-corrected chi connectivity index (χ2v) is 5.37. The Bertz CT molecular complexity index is 656. The molecule has 0 aliphatic heterocycles. The third kappa shape index (κ3) is 4.01. The van der Waals surface area contributed by atoms with Gasteiger partial charge in [-0.3, -0.25) is 4.79 Å². The molecule has 0 atom stereocenters. The van der Waals surface area contributed by atoms with Crippen molar-refractivity contribution in [3.8, 4) is 0 Å². The Hall–Kier alpha value is -1.95. The minimum Gasteiger partial charge on any atom is -0.371 e. The average Bonchev–Trinajstić information content (AvgIpc) is 2.41. The number of hydrogen-bond acceptors (Lipinski definition) is 2. The Labute approximate surface area is 129 Å². The van der Waals surface area contributed by atoms with Crippen LogP contribution < -0.4 is 10.6 Å². The average molecular weight is 355 g/mol. The van der Waals surface area contributed by atoms with Crippen LogP contribution in [0, 0.1) is 18.6 Å². The third-order valence-electron chi connectivity index (χ3n) is 2.85. The smallest absolute Gasteiger partial charge is 0.243 e. The summed E-state index contributed by atoms with van der Waals surface area (Å²) in [5.74, 6) is -1.85. The molecule has 0 spiro atoms. The van der Waals surface area contributed by atoms with Crippen LogP contribution in [0.4, 0.5) is 20.2 Å². The molecule has 2 aromatic carbocycles. The van der Waals surface area contributed by atoms with E-state index in [9.17, 15) is 13.6 Å². The van der Waals surface area contributed by atoms with Gasteiger partial charge in [0.05, 0.1) is 6.54 Å². The number of para-hydroxylation sites is 1. The van der Waals surface area contributed by atoms with Gasteiger partial charge in [-0.2, -0.15) is 0 Å². The molecule has 2 rings (SSSR count). The van der Waals surface area contributed by atoms with Crippen molar-refractivity contribution in [2.75, 3.05) is 17.2 Å².